The largest absolute Gasteiger partial charge is 0.471 e. The summed E-state index contributed by atoms with van der Waals surface area (Å²) < 4.78 is 41.5. The maximum atomic E-state index is 12.4. The van der Waals surface area contributed by atoms with Crippen LogP contribution in [0, 0.1) is 5.41 Å². The Kier molecular flexibility index (Phi) is 4.96. The van der Waals surface area contributed by atoms with Crippen LogP contribution < -0.4 is 5.32 Å². The fourth-order valence-corrected chi connectivity index (χ4v) is 1.81. The molecule has 0 unspecified atom stereocenters. The minimum Gasteiger partial charge on any atom is -0.352 e. The third-order valence-electron chi connectivity index (χ3n) is 3.83. The first-order valence-corrected chi connectivity index (χ1v) is 7.42. The molecule has 1 aromatic carbocycles. The smallest absolute Gasteiger partial charge is 0.352 e. The zero-order valence-corrected chi connectivity index (χ0v) is 13.6. The molecule has 0 aliphatic rings. The second-order valence-corrected chi connectivity index (χ2v) is 6.04. The van der Waals surface area contributed by atoms with E-state index in [1.165, 1.54) is 0 Å². The van der Waals surface area contributed by atoms with E-state index < -0.39 is 17.5 Å². The molecule has 0 saturated carbocycles. The van der Waals surface area contributed by atoms with Crippen molar-refractivity contribution in [2.24, 2.45) is 5.41 Å². The van der Waals surface area contributed by atoms with Crippen molar-refractivity contribution in [3.05, 3.63) is 35.7 Å². The summed E-state index contributed by atoms with van der Waals surface area (Å²) in [5, 5.41) is 6.16. The van der Waals surface area contributed by atoms with E-state index in [9.17, 15) is 18.0 Å². The Morgan fingerprint density at radius 3 is 2.33 bits per heavy atom. The number of rotatable bonds is 5. The molecular weight excluding hydrogens is 323 g/mol. The zero-order valence-electron chi connectivity index (χ0n) is 13.6. The molecule has 0 atom stereocenters. The Hall–Kier alpha value is -2.38. The van der Waals surface area contributed by atoms with Crippen molar-refractivity contribution in [1.82, 2.24) is 15.5 Å². The summed E-state index contributed by atoms with van der Waals surface area (Å²) in [6, 6.07) is 6.55. The number of hydrogen-bond acceptors (Lipinski definition) is 4. The van der Waals surface area contributed by atoms with Gasteiger partial charge in [0.15, 0.2) is 0 Å². The Morgan fingerprint density at radius 2 is 1.83 bits per heavy atom. The number of amides is 1. The number of hydrogen-bond donors (Lipinski definition) is 1. The monoisotopic (exact) mass is 341 g/mol. The number of halogens is 3. The summed E-state index contributed by atoms with van der Waals surface area (Å²) in [6.45, 7) is 6.00. The minimum absolute atomic E-state index is 0.0536. The fourth-order valence-electron chi connectivity index (χ4n) is 1.81. The molecule has 0 bridgehead atoms. The molecule has 0 aliphatic heterocycles. The summed E-state index contributed by atoms with van der Waals surface area (Å²) in [5.41, 5.74) is 0.773. The normalized spacial score (nSPS) is 12.2. The predicted molar refractivity (Wildman–Crippen MR) is 80.7 cm³/mol. The fraction of sp³-hybridized carbons (Fsp3) is 0.438. The van der Waals surface area contributed by atoms with Gasteiger partial charge in [-0.05, 0) is 12.0 Å². The summed E-state index contributed by atoms with van der Waals surface area (Å²) in [4.78, 5) is 15.3. The molecule has 2 rings (SSSR count). The van der Waals surface area contributed by atoms with Crippen molar-refractivity contribution < 1.29 is 22.5 Å². The molecule has 1 heterocycles. The highest BCUT2D eigenvalue weighted by Crippen LogP contribution is 2.29. The third kappa shape index (κ3) is 4.12. The first kappa shape index (κ1) is 18.0. The summed E-state index contributed by atoms with van der Waals surface area (Å²) >= 11 is 0. The second kappa shape index (κ2) is 6.62. The molecule has 8 heteroatoms. The topological polar surface area (TPSA) is 68.0 Å². The number of carbonyl (C=O) groups is 1. The maximum absolute atomic E-state index is 12.4. The lowest BCUT2D eigenvalue weighted by molar-refractivity contribution is -0.159. The number of nitrogens with zero attached hydrogens (tertiary/aromatic N) is 2. The van der Waals surface area contributed by atoms with E-state index >= 15 is 0 Å². The molecule has 130 valence electrons. The summed E-state index contributed by atoms with van der Waals surface area (Å²) in [6.07, 6.45) is -3.95. The predicted octanol–water partition coefficient (Wildman–Crippen LogP) is 3.81. The zero-order chi connectivity index (χ0) is 18.0. The number of alkyl halides is 3. The molecular formula is C16H18F3N3O2. The van der Waals surface area contributed by atoms with Crippen molar-refractivity contribution in [2.75, 3.05) is 0 Å². The van der Waals surface area contributed by atoms with Gasteiger partial charge in [-0.1, -0.05) is 50.2 Å². The van der Waals surface area contributed by atoms with Crippen molar-refractivity contribution in [3.63, 3.8) is 0 Å². The number of aromatic nitrogens is 2. The van der Waals surface area contributed by atoms with Crippen LogP contribution in [0.2, 0.25) is 0 Å². The quantitative estimate of drug-likeness (QED) is 0.898. The van der Waals surface area contributed by atoms with Gasteiger partial charge in [0.1, 0.15) is 0 Å². The molecule has 0 fully saturated rings. The van der Waals surface area contributed by atoms with Crippen LogP contribution in [0.3, 0.4) is 0 Å². The van der Waals surface area contributed by atoms with Crippen molar-refractivity contribution >= 4 is 5.91 Å². The molecule has 1 N–H and O–H groups in total. The van der Waals surface area contributed by atoms with Gasteiger partial charge in [0.25, 0.3) is 0 Å². The highest BCUT2D eigenvalue weighted by atomic mass is 19.4. The highest BCUT2D eigenvalue weighted by Gasteiger charge is 2.38. The van der Waals surface area contributed by atoms with E-state index in [1.54, 1.807) is 24.3 Å². The number of carbonyl (C=O) groups excluding carboxylic acids is 1. The van der Waals surface area contributed by atoms with Crippen molar-refractivity contribution in [1.29, 1.82) is 0 Å². The standard InChI is InChI=1S/C16H18F3N3O2/c1-4-15(2,3)13(23)20-9-10-5-7-11(8-6-10)12-21-14(24-22-12)16(17,18)19/h5-8H,4,9H2,1-3H3,(H,20,23). The summed E-state index contributed by atoms with van der Waals surface area (Å²) in [5.74, 6) is -1.57. The molecule has 2 aromatic rings. The van der Waals surface area contributed by atoms with Gasteiger partial charge in [-0.25, -0.2) is 0 Å². The molecule has 1 amide bonds. The van der Waals surface area contributed by atoms with Crippen LogP contribution in [-0.2, 0) is 17.5 Å². The lowest BCUT2D eigenvalue weighted by Crippen LogP contribution is -2.35. The average Bonchev–Trinajstić information content (AvgIpc) is 3.03. The SMILES string of the molecule is CCC(C)(C)C(=O)NCc1ccc(-c2noc(C(F)(F)F)n2)cc1. The Labute approximate surface area is 137 Å². The number of nitrogens with one attached hydrogen (secondary N) is 1. The lowest BCUT2D eigenvalue weighted by atomic mass is 9.89. The molecule has 0 aliphatic carbocycles. The molecule has 24 heavy (non-hydrogen) atoms. The molecule has 0 spiro atoms. The Bertz CT molecular complexity index is 706. The van der Waals surface area contributed by atoms with E-state index in [1.807, 2.05) is 20.8 Å². The lowest BCUT2D eigenvalue weighted by Gasteiger charge is -2.21. The second-order valence-electron chi connectivity index (χ2n) is 6.04. The van der Waals surface area contributed by atoms with Gasteiger partial charge in [-0.2, -0.15) is 18.2 Å². The van der Waals surface area contributed by atoms with Crippen LogP contribution in [0.15, 0.2) is 28.8 Å². The molecule has 5 nitrogen and oxygen atoms in total. The van der Waals surface area contributed by atoms with Gasteiger partial charge < -0.3 is 9.84 Å². The highest BCUT2D eigenvalue weighted by molar-refractivity contribution is 5.81. The van der Waals surface area contributed by atoms with Crippen molar-refractivity contribution in [3.8, 4) is 11.4 Å². The van der Waals surface area contributed by atoms with Crippen LogP contribution in [0.4, 0.5) is 13.2 Å². The van der Waals surface area contributed by atoms with Crippen LogP contribution in [0.1, 0.15) is 38.6 Å². The molecule has 0 radical (unpaired) electrons. The van der Waals surface area contributed by atoms with Gasteiger partial charge in [-0.15, -0.1) is 0 Å². The average molecular weight is 341 g/mol. The molecule has 0 saturated heterocycles. The molecule has 1 aromatic heterocycles. The van der Waals surface area contributed by atoms with E-state index in [0.717, 1.165) is 12.0 Å². The van der Waals surface area contributed by atoms with Crippen LogP contribution >= 0.6 is 0 Å². The van der Waals surface area contributed by atoms with Gasteiger partial charge in [-0.3, -0.25) is 4.79 Å². The van der Waals surface area contributed by atoms with E-state index in [4.69, 9.17) is 0 Å². The van der Waals surface area contributed by atoms with Crippen LogP contribution in [0.5, 0.6) is 0 Å². The van der Waals surface area contributed by atoms with E-state index in [2.05, 4.69) is 20.0 Å². The Morgan fingerprint density at radius 1 is 1.21 bits per heavy atom. The minimum atomic E-state index is -4.67. The first-order chi connectivity index (χ1) is 11.1. The van der Waals surface area contributed by atoms with Gasteiger partial charge in [0.05, 0.1) is 0 Å². The van der Waals surface area contributed by atoms with Gasteiger partial charge in [0, 0.05) is 17.5 Å². The first-order valence-electron chi connectivity index (χ1n) is 7.42. The van der Waals surface area contributed by atoms with Gasteiger partial charge >= 0.3 is 12.1 Å². The summed E-state index contributed by atoms with van der Waals surface area (Å²) in [7, 11) is 0. The van der Waals surface area contributed by atoms with Gasteiger partial charge in [0.2, 0.25) is 11.7 Å². The third-order valence-corrected chi connectivity index (χ3v) is 3.83. The maximum Gasteiger partial charge on any atom is 0.471 e. The van der Waals surface area contributed by atoms with E-state index in [0.29, 0.717) is 12.1 Å². The van der Waals surface area contributed by atoms with E-state index in [-0.39, 0.29) is 11.7 Å². The van der Waals surface area contributed by atoms with Crippen LogP contribution in [-0.4, -0.2) is 16.0 Å². The van der Waals surface area contributed by atoms with Crippen LogP contribution in [0.25, 0.3) is 11.4 Å². The van der Waals surface area contributed by atoms with Crippen molar-refractivity contribution in [2.45, 2.75) is 39.9 Å². The Balaban J connectivity index is 2.03. The number of benzene rings is 1.